The first-order chi connectivity index (χ1) is 16.2. The second kappa shape index (κ2) is 10.2. The Hall–Kier alpha value is -2.82. The van der Waals surface area contributed by atoms with Gasteiger partial charge < -0.3 is 10.6 Å². The zero-order valence-electron chi connectivity index (χ0n) is 19.0. The van der Waals surface area contributed by atoms with Crippen LogP contribution in [0.3, 0.4) is 0 Å². The van der Waals surface area contributed by atoms with E-state index in [0.29, 0.717) is 23.7 Å². The zero-order valence-corrected chi connectivity index (χ0v) is 19.8. The van der Waals surface area contributed by atoms with Crippen LogP contribution in [0.5, 0.6) is 0 Å². The van der Waals surface area contributed by atoms with Gasteiger partial charge in [0, 0.05) is 44.8 Å². The summed E-state index contributed by atoms with van der Waals surface area (Å²) in [4.78, 5) is 27.9. The number of carbonyl (C=O) groups is 2. The number of carbonyl (C=O) groups excluding carboxylic acids is 2. The molecule has 8 nitrogen and oxygen atoms in total. The number of aryl methyl sites for hydroxylation is 2. The summed E-state index contributed by atoms with van der Waals surface area (Å²) in [6.07, 6.45) is 2.95. The predicted octanol–water partition coefficient (Wildman–Crippen LogP) is 1.53. The van der Waals surface area contributed by atoms with Crippen molar-refractivity contribution < 1.29 is 22.4 Å². The second-order valence-electron chi connectivity index (χ2n) is 8.70. The van der Waals surface area contributed by atoms with Crippen molar-refractivity contribution in [1.29, 1.82) is 0 Å². The molecule has 2 aromatic rings. The van der Waals surface area contributed by atoms with Crippen molar-refractivity contribution in [2.75, 3.05) is 44.2 Å². The molecule has 0 bridgehead atoms. The lowest BCUT2D eigenvalue weighted by Gasteiger charge is -2.34. The smallest absolute Gasteiger partial charge is 0.243 e. The molecule has 10 heteroatoms. The minimum absolute atomic E-state index is 0.0179. The van der Waals surface area contributed by atoms with Crippen molar-refractivity contribution in [2.24, 2.45) is 5.73 Å². The summed E-state index contributed by atoms with van der Waals surface area (Å²) < 4.78 is 41.1. The van der Waals surface area contributed by atoms with E-state index < -0.39 is 21.7 Å². The van der Waals surface area contributed by atoms with Gasteiger partial charge in [0.2, 0.25) is 21.8 Å². The summed E-state index contributed by atoms with van der Waals surface area (Å²) in [7, 11) is -3.59. The van der Waals surface area contributed by atoms with Gasteiger partial charge in [-0.3, -0.25) is 14.5 Å². The van der Waals surface area contributed by atoms with E-state index in [-0.39, 0.29) is 38.5 Å². The average Bonchev–Trinajstić information content (AvgIpc) is 3.28. The molecule has 2 aliphatic rings. The molecule has 1 saturated heterocycles. The number of amides is 2. The molecule has 182 valence electrons. The highest BCUT2D eigenvalue weighted by Crippen LogP contribution is 2.27. The predicted molar refractivity (Wildman–Crippen MR) is 126 cm³/mol. The number of halogens is 1. The van der Waals surface area contributed by atoms with Crippen LogP contribution in [-0.4, -0.2) is 68.7 Å². The first kappa shape index (κ1) is 24.3. The Morgan fingerprint density at radius 2 is 1.65 bits per heavy atom. The van der Waals surface area contributed by atoms with E-state index >= 15 is 0 Å². The number of anilines is 1. The number of benzene rings is 2. The Kier molecular flexibility index (Phi) is 7.30. The second-order valence-corrected chi connectivity index (χ2v) is 10.6. The Labute approximate surface area is 199 Å². The van der Waals surface area contributed by atoms with Crippen LogP contribution in [0, 0.1) is 5.82 Å². The highest BCUT2D eigenvalue weighted by molar-refractivity contribution is 7.89. The van der Waals surface area contributed by atoms with E-state index in [1.807, 2.05) is 11.0 Å². The summed E-state index contributed by atoms with van der Waals surface area (Å²) in [5.41, 5.74) is 8.07. The third-order valence-electron chi connectivity index (χ3n) is 6.42. The first-order valence-corrected chi connectivity index (χ1v) is 12.9. The quantitative estimate of drug-likeness (QED) is 0.607. The maximum Gasteiger partial charge on any atom is 0.243 e. The Morgan fingerprint density at radius 3 is 2.32 bits per heavy atom. The van der Waals surface area contributed by atoms with Crippen molar-refractivity contribution in [3.8, 4) is 0 Å². The number of nitrogens with two attached hydrogens (primary N) is 1. The maximum atomic E-state index is 13.3. The monoisotopic (exact) mass is 488 g/mol. The maximum absolute atomic E-state index is 13.3. The first-order valence-electron chi connectivity index (χ1n) is 11.4. The molecule has 0 unspecified atom stereocenters. The third kappa shape index (κ3) is 5.45. The number of sulfonamides is 1. The van der Waals surface area contributed by atoms with E-state index in [9.17, 15) is 22.4 Å². The normalized spacial score (nSPS) is 16.9. The number of fused-ring (bicyclic) bond motifs is 1. The van der Waals surface area contributed by atoms with E-state index in [0.717, 1.165) is 24.8 Å². The molecule has 1 heterocycles. The van der Waals surface area contributed by atoms with Crippen LogP contribution in [0.25, 0.3) is 0 Å². The van der Waals surface area contributed by atoms with Crippen LogP contribution in [0.15, 0.2) is 47.4 Å². The van der Waals surface area contributed by atoms with E-state index in [4.69, 9.17) is 5.73 Å². The fourth-order valence-electron chi connectivity index (χ4n) is 4.50. The molecule has 4 rings (SSSR count). The fraction of sp³-hybridized carbons (Fsp3) is 0.417. The SMILES string of the molecule is NC(=O)CCN(C(=O)CN1CCN(S(=O)(=O)c2ccc3c(c2)CCC3)CC1)c1ccc(F)cc1. The van der Waals surface area contributed by atoms with Crippen molar-refractivity contribution in [3.63, 3.8) is 0 Å². The standard InChI is InChI=1S/C24H29FN4O4S/c25-20-5-7-21(8-6-20)29(11-10-23(26)30)24(31)17-27-12-14-28(15-13-27)34(32,33)22-9-4-18-2-1-3-19(18)16-22/h4-9,16H,1-3,10-15,17H2,(H2,26,30). The molecule has 1 aliphatic heterocycles. The molecule has 1 fully saturated rings. The Morgan fingerprint density at radius 1 is 0.971 bits per heavy atom. The lowest BCUT2D eigenvalue weighted by molar-refractivity contribution is -0.120. The number of hydrogen-bond acceptors (Lipinski definition) is 5. The molecule has 1 aliphatic carbocycles. The lowest BCUT2D eigenvalue weighted by atomic mass is 10.1. The number of piperazine rings is 1. The summed E-state index contributed by atoms with van der Waals surface area (Å²) in [5.74, 6) is -1.22. The summed E-state index contributed by atoms with van der Waals surface area (Å²) >= 11 is 0. The minimum atomic E-state index is -3.59. The van der Waals surface area contributed by atoms with Gasteiger partial charge in [0.25, 0.3) is 0 Å². The minimum Gasteiger partial charge on any atom is -0.370 e. The zero-order chi connectivity index (χ0) is 24.3. The van der Waals surface area contributed by atoms with E-state index in [1.165, 1.54) is 39.0 Å². The highest BCUT2D eigenvalue weighted by atomic mass is 32.2. The third-order valence-corrected chi connectivity index (χ3v) is 8.31. The van der Waals surface area contributed by atoms with Crippen LogP contribution in [0.2, 0.25) is 0 Å². The van der Waals surface area contributed by atoms with Crippen molar-refractivity contribution in [1.82, 2.24) is 9.21 Å². The molecule has 2 amide bonds. The molecule has 34 heavy (non-hydrogen) atoms. The largest absolute Gasteiger partial charge is 0.370 e. The van der Waals surface area contributed by atoms with Gasteiger partial charge in [-0.1, -0.05) is 6.07 Å². The summed E-state index contributed by atoms with van der Waals surface area (Å²) in [6.45, 7) is 1.52. The fourth-order valence-corrected chi connectivity index (χ4v) is 5.98. The van der Waals surface area contributed by atoms with Gasteiger partial charge in [0.05, 0.1) is 11.4 Å². The van der Waals surface area contributed by atoms with Crippen molar-refractivity contribution in [3.05, 3.63) is 59.4 Å². The van der Waals surface area contributed by atoms with Gasteiger partial charge in [-0.25, -0.2) is 12.8 Å². The van der Waals surface area contributed by atoms with Crippen LogP contribution in [0.4, 0.5) is 10.1 Å². The lowest BCUT2D eigenvalue weighted by Crippen LogP contribution is -2.51. The topological polar surface area (TPSA) is 104 Å². The van der Waals surface area contributed by atoms with Gasteiger partial charge in [-0.15, -0.1) is 0 Å². The van der Waals surface area contributed by atoms with Gasteiger partial charge >= 0.3 is 0 Å². The molecule has 0 radical (unpaired) electrons. The van der Waals surface area contributed by atoms with Crippen LogP contribution in [0.1, 0.15) is 24.0 Å². The molecule has 2 aromatic carbocycles. The molecule has 0 aromatic heterocycles. The number of nitrogens with zero attached hydrogens (tertiary/aromatic N) is 3. The van der Waals surface area contributed by atoms with Crippen LogP contribution >= 0.6 is 0 Å². The number of primary amides is 1. The molecular formula is C24H29FN4O4S. The number of rotatable bonds is 8. The van der Waals surface area contributed by atoms with Crippen LogP contribution < -0.4 is 10.6 Å². The molecule has 0 spiro atoms. The molecule has 0 atom stereocenters. The Balaban J connectivity index is 1.38. The van der Waals surface area contributed by atoms with Gasteiger partial charge in [0.1, 0.15) is 5.82 Å². The summed E-state index contributed by atoms with van der Waals surface area (Å²) in [5, 5.41) is 0. The molecular weight excluding hydrogens is 459 g/mol. The molecule has 2 N–H and O–H groups in total. The van der Waals surface area contributed by atoms with Crippen molar-refractivity contribution in [2.45, 2.75) is 30.6 Å². The van der Waals surface area contributed by atoms with Crippen LogP contribution in [-0.2, 0) is 32.5 Å². The van der Waals surface area contributed by atoms with Gasteiger partial charge in [-0.2, -0.15) is 4.31 Å². The van der Waals surface area contributed by atoms with Gasteiger partial charge in [-0.05, 0) is 66.8 Å². The van der Waals surface area contributed by atoms with Crippen molar-refractivity contribution >= 4 is 27.5 Å². The van der Waals surface area contributed by atoms with E-state index in [2.05, 4.69) is 0 Å². The molecule has 0 saturated carbocycles. The van der Waals surface area contributed by atoms with Gasteiger partial charge in [0.15, 0.2) is 0 Å². The highest BCUT2D eigenvalue weighted by Gasteiger charge is 2.30. The average molecular weight is 489 g/mol. The van der Waals surface area contributed by atoms with E-state index in [1.54, 1.807) is 12.1 Å². The Bertz CT molecular complexity index is 1160. The number of hydrogen-bond donors (Lipinski definition) is 1. The summed E-state index contributed by atoms with van der Waals surface area (Å²) in [6, 6.07) is 10.9.